The van der Waals surface area contributed by atoms with Crippen molar-refractivity contribution < 1.29 is 0 Å². The molecule has 0 saturated heterocycles. The van der Waals surface area contributed by atoms with Gasteiger partial charge >= 0.3 is 0 Å². The molecule has 10 aromatic carbocycles. The van der Waals surface area contributed by atoms with Crippen LogP contribution in [0.4, 0.5) is 0 Å². The largest absolute Gasteiger partial charge is 0.309 e. The van der Waals surface area contributed by atoms with Gasteiger partial charge in [0.2, 0.25) is 0 Å². The highest BCUT2D eigenvalue weighted by molar-refractivity contribution is 7.20. The fourth-order valence-electron chi connectivity index (χ4n) is 10.3. The molecule has 0 atom stereocenters. The van der Waals surface area contributed by atoms with Gasteiger partial charge in [-0.25, -0.2) is 0 Å². The van der Waals surface area contributed by atoms with E-state index in [0.717, 1.165) is 11.4 Å². The van der Waals surface area contributed by atoms with Crippen LogP contribution in [0.15, 0.2) is 255 Å². The number of hydrogen-bond acceptors (Lipinski definition) is 0. The van der Waals surface area contributed by atoms with Gasteiger partial charge < -0.3 is 9.13 Å². The van der Waals surface area contributed by atoms with Crippen LogP contribution in [0.5, 0.6) is 0 Å². The molecule has 0 fully saturated rings. The van der Waals surface area contributed by atoms with Crippen LogP contribution in [0.25, 0.3) is 77.2 Å². The van der Waals surface area contributed by atoms with E-state index in [1.807, 2.05) is 0 Å². The molecule has 12 rings (SSSR count). The maximum Gasteiger partial charge on any atom is 0.179 e. The van der Waals surface area contributed by atoms with E-state index < -0.39 is 8.07 Å². The van der Waals surface area contributed by atoms with Crippen LogP contribution in [0, 0.1) is 0 Å². The molecule has 63 heavy (non-hydrogen) atoms. The lowest BCUT2D eigenvalue weighted by Gasteiger charge is -2.34. The molecule has 3 heteroatoms. The van der Waals surface area contributed by atoms with Crippen molar-refractivity contribution in [2.75, 3.05) is 0 Å². The number of fused-ring (bicyclic) bond motifs is 6. The molecule has 0 N–H and O–H groups in total. The summed E-state index contributed by atoms with van der Waals surface area (Å²) in [5, 5.41) is 10.4. The molecule has 0 radical (unpaired) electrons. The number of nitrogens with zero attached hydrogens (tertiary/aromatic N) is 2. The molecule has 0 spiro atoms. The number of para-hydroxylation sites is 2. The van der Waals surface area contributed by atoms with Crippen molar-refractivity contribution in [1.29, 1.82) is 0 Å². The SMILES string of the molecule is c1ccc(-c2ccc3c(c2)c2ccc(-n4c5ccccc5c5cc([Si](c6ccccc6)(c6ccccc6)c6ccccc6)ccc54)cc2n3-c2ccccc2-c2ccccc2)cc1. The number of hydrogen-bond donors (Lipinski definition) is 0. The van der Waals surface area contributed by atoms with E-state index in [0.29, 0.717) is 0 Å². The molecule has 0 bridgehead atoms. The van der Waals surface area contributed by atoms with Crippen molar-refractivity contribution in [3.8, 4) is 33.6 Å². The summed E-state index contributed by atoms with van der Waals surface area (Å²) in [6.45, 7) is 0. The lowest BCUT2D eigenvalue weighted by atomic mass is 10.0. The molecule has 2 aromatic heterocycles. The summed E-state index contributed by atoms with van der Waals surface area (Å²) in [4.78, 5) is 0. The Balaban J connectivity index is 1.13. The molecule has 0 amide bonds. The maximum atomic E-state index is 2.52. The summed E-state index contributed by atoms with van der Waals surface area (Å²) < 4.78 is 4.96. The number of benzene rings is 10. The van der Waals surface area contributed by atoms with Crippen molar-refractivity contribution >= 4 is 72.4 Å². The molecule has 0 aliphatic rings. The fraction of sp³-hybridized carbons (Fsp3) is 0. The topological polar surface area (TPSA) is 9.86 Å². The summed E-state index contributed by atoms with van der Waals surface area (Å²) in [5.41, 5.74) is 11.8. The first-order valence-corrected chi connectivity index (χ1v) is 23.8. The van der Waals surface area contributed by atoms with Crippen LogP contribution < -0.4 is 20.7 Å². The van der Waals surface area contributed by atoms with Gasteiger partial charge in [0.15, 0.2) is 8.07 Å². The average Bonchev–Trinajstić information content (AvgIpc) is 3.87. The third-order valence-electron chi connectivity index (χ3n) is 13.1. The first-order chi connectivity index (χ1) is 31.3. The molecule has 2 heterocycles. The molecule has 0 saturated carbocycles. The Morgan fingerprint density at radius 1 is 0.254 bits per heavy atom. The smallest absolute Gasteiger partial charge is 0.179 e. The zero-order valence-electron chi connectivity index (χ0n) is 34.6. The third-order valence-corrected chi connectivity index (χ3v) is 17.8. The van der Waals surface area contributed by atoms with Crippen LogP contribution in [0.1, 0.15) is 0 Å². The van der Waals surface area contributed by atoms with Crippen LogP contribution in [0.3, 0.4) is 0 Å². The summed E-state index contributed by atoms with van der Waals surface area (Å²) in [6, 6.07) is 94.2. The van der Waals surface area contributed by atoms with Crippen LogP contribution >= 0.6 is 0 Å². The lowest BCUT2D eigenvalue weighted by Crippen LogP contribution is -2.74. The van der Waals surface area contributed by atoms with Gasteiger partial charge in [-0.2, -0.15) is 0 Å². The van der Waals surface area contributed by atoms with Crippen molar-refractivity contribution in [3.63, 3.8) is 0 Å². The molecule has 296 valence electrons. The molecular weight excluding hydrogens is 777 g/mol. The van der Waals surface area contributed by atoms with Gasteiger partial charge in [0, 0.05) is 32.8 Å². The fourth-order valence-corrected chi connectivity index (χ4v) is 15.1. The predicted molar refractivity (Wildman–Crippen MR) is 270 cm³/mol. The molecule has 2 nitrogen and oxygen atoms in total. The van der Waals surface area contributed by atoms with E-state index in [1.54, 1.807) is 0 Å². The molecule has 0 unspecified atom stereocenters. The van der Waals surface area contributed by atoms with Gasteiger partial charge in [-0.3, -0.25) is 0 Å². The molecular formula is C60H42N2Si. The summed E-state index contributed by atoms with van der Waals surface area (Å²) in [6.07, 6.45) is 0. The van der Waals surface area contributed by atoms with Crippen LogP contribution in [-0.2, 0) is 0 Å². The van der Waals surface area contributed by atoms with Gasteiger partial charge in [0.1, 0.15) is 0 Å². The van der Waals surface area contributed by atoms with E-state index in [9.17, 15) is 0 Å². The number of rotatable bonds is 8. The van der Waals surface area contributed by atoms with E-state index in [2.05, 4.69) is 264 Å². The lowest BCUT2D eigenvalue weighted by molar-refractivity contribution is 1.16. The highest BCUT2D eigenvalue weighted by atomic mass is 28.3. The number of aromatic nitrogens is 2. The Hall–Kier alpha value is -7.98. The predicted octanol–water partition coefficient (Wildman–Crippen LogP) is 12.6. The summed E-state index contributed by atoms with van der Waals surface area (Å²) in [5.74, 6) is 0. The first-order valence-electron chi connectivity index (χ1n) is 21.8. The van der Waals surface area contributed by atoms with Crippen molar-refractivity contribution in [1.82, 2.24) is 9.13 Å². The first kappa shape index (κ1) is 36.8. The van der Waals surface area contributed by atoms with Gasteiger partial charge in [-0.15, -0.1) is 0 Å². The zero-order valence-corrected chi connectivity index (χ0v) is 35.6. The third kappa shape index (κ3) is 5.93. The highest BCUT2D eigenvalue weighted by Gasteiger charge is 2.41. The average molecular weight is 819 g/mol. The summed E-state index contributed by atoms with van der Waals surface area (Å²) >= 11 is 0. The Morgan fingerprint density at radius 3 is 1.41 bits per heavy atom. The Morgan fingerprint density at radius 2 is 0.746 bits per heavy atom. The van der Waals surface area contributed by atoms with Gasteiger partial charge in [0.05, 0.1) is 27.8 Å². The van der Waals surface area contributed by atoms with Crippen molar-refractivity contribution in [3.05, 3.63) is 255 Å². The van der Waals surface area contributed by atoms with Crippen molar-refractivity contribution in [2.24, 2.45) is 0 Å². The van der Waals surface area contributed by atoms with Crippen molar-refractivity contribution in [2.45, 2.75) is 0 Å². The minimum Gasteiger partial charge on any atom is -0.309 e. The molecule has 0 aliphatic carbocycles. The molecule has 12 aromatic rings. The second kappa shape index (κ2) is 15.2. The van der Waals surface area contributed by atoms with Gasteiger partial charge in [-0.1, -0.05) is 212 Å². The Bertz CT molecular complexity index is 3500. The van der Waals surface area contributed by atoms with E-state index in [1.165, 1.54) is 86.6 Å². The summed E-state index contributed by atoms with van der Waals surface area (Å²) in [7, 11) is -2.75. The normalized spacial score (nSPS) is 11.8. The quantitative estimate of drug-likeness (QED) is 0.107. The standard InChI is InChI=1S/C60H42N2Si/c1-6-20-43(21-7-1)45-34-38-59-54(40-45)53-37-35-46(41-60(53)62(59)56-32-18-16-30-51(56)44-22-8-2-9-23-44)61-57-33-19-17-31-52(57)55-42-50(36-39-58(55)61)63(47-24-10-3-11-25-47,48-26-12-4-13-27-48)49-28-14-5-15-29-49/h1-42H. The van der Waals surface area contributed by atoms with E-state index in [-0.39, 0.29) is 0 Å². The van der Waals surface area contributed by atoms with Gasteiger partial charge in [0.25, 0.3) is 0 Å². The Kier molecular flexibility index (Phi) is 8.87. The maximum absolute atomic E-state index is 2.75. The van der Waals surface area contributed by atoms with E-state index >= 15 is 0 Å². The minimum absolute atomic E-state index is 1.13. The van der Waals surface area contributed by atoms with Gasteiger partial charge in [-0.05, 0) is 79.9 Å². The van der Waals surface area contributed by atoms with Crippen LogP contribution in [0.2, 0.25) is 0 Å². The second-order valence-electron chi connectivity index (χ2n) is 16.5. The minimum atomic E-state index is -2.75. The molecule has 0 aliphatic heterocycles. The van der Waals surface area contributed by atoms with E-state index in [4.69, 9.17) is 0 Å². The monoisotopic (exact) mass is 818 g/mol. The zero-order chi connectivity index (χ0) is 41.7. The van der Waals surface area contributed by atoms with Crippen LogP contribution in [-0.4, -0.2) is 17.2 Å². The second-order valence-corrected chi connectivity index (χ2v) is 20.3. The highest BCUT2D eigenvalue weighted by Crippen LogP contribution is 2.40. The Labute approximate surface area is 368 Å².